The molecule has 0 aliphatic heterocycles. The molecule has 0 atom stereocenters. The molecule has 25 heavy (non-hydrogen) atoms. The van der Waals surface area contributed by atoms with Crippen molar-refractivity contribution in [2.75, 3.05) is 0 Å². The summed E-state index contributed by atoms with van der Waals surface area (Å²) in [7, 11) is 0. The van der Waals surface area contributed by atoms with E-state index in [0.29, 0.717) is 11.4 Å². The van der Waals surface area contributed by atoms with Crippen molar-refractivity contribution in [2.24, 2.45) is 0 Å². The highest BCUT2D eigenvalue weighted by molar-refractivity contribution is 5.19. The molecule has 9 heteroatoms. The van der Waals surface area contributed by atoms with Crippen molar-refractivity contribution < 1.29 is 31.1 Å². The van der Waals surface area contributed by atoms with E-state index >= 15 is 0 Å². The van der Waals surface area contributed by atoms with Gasteiger partial charge in [-0.3, -0.25) is 9.97 Å². The average molecular weight is 368 g/mol. The molecule has 0 unspecified atom stereocenters. The first-order valence-corrected chi connectivity index (χ1v) is 7.15. The molecular formula is C16H18F6N2O. The number of hydrogen-bond donors (Lipinski definition) is 0. The maximum absolute atomic E-state index is 11.9. The lowest BCUT2D eigenvalue weighted by atomic mass is 10.2. The maximum atomic E-state index is 11.9. The predicted octanol–water partition coefficient (Wildman–Crippen LogP) is 5.72. The van der Waals surface area contributed by atoms with Gasteiger partial charge in [0.25, 0.3) is 0 Å². The van der Waals surface area contributed by atoms with Crippen LogP contribution >= 0.6 is 0 Å². The number of nitrogens with zero attached hydrogens (tertiary/aromatic N) is 2. The Bertz CT molecular complexity index is 624. The summed E-state index contributed by atoms with van der Waals surface area (Å²) in [6.07, 6.45) is -6.72. The summed E-state index contributed by atoms with van der Waals surface area (Å²) >= 11 is 0. The van der Waals surface area contributed by atoms with Crippen molar-refractivity contribution in [1.29, 1.82) is 0 Å². The van der Waals surface area contributed by atoms with E-state index < -0.39 is 18.1 Å². The molecule has 0 N–H and O–H groups in total. The molecule has 2 heterocycles. The molecule has 3 nitrogen and oxygen atoms in total. The highest BCUT2D eigenvalue weighted by atomic mass is 19.4. The van der Waals surface area contributed by atoms with Crippen LogP contribution in [0, 0.1) is 13.8 Å². The minimum Gasteiger partial charge on any atom is -0.404 e. The van der Waals surface area contributed by atoms with E-state index in [0.717, 1.165) is 24.5 Å². The van der Waals surface area contributed by atoms with Gasteiger partial charge in [-0.05, 0) is 38.1 Å². The van der Waals surface area contributed by atoms with Crippen molar-refractivity contribution in [2.45, 2.75) is 40.2 Å². The third kappa shape index (κ3) is 10.2. The summed E-state index contributed by atoms with van der Waals surface area (Å²) in [6.45, 7) is 7.20. The lowest BCUT2D eigenvalue weighted by Crippen LogP contribution is -2.17. The van der Waals surface area contributed by atoms with Gasteiger partial charge in [-0.15, -0.1) is 13.2 Å². The molecule has 0 spiro atoms. The lowest BCUT2D eigenvalue weighted by Gasteiger charge is -2.07. The summed E-state index contributed by atoms with van der Waals surface area (Å²) in [5.74, 6) is -0.298. The molecule has 0 aromatic carbocycles. The third-order valence-electron chi connectivity index (χ3n) is 2.34. The van der Waals surface area contributed by atoms with E-state index in [2.05, 4.69) is 14.7 Å². The Morgan fingerprint density at radius 3 is 1.80 bits per heavy atom. The number of aromatic nitrogens is 2. The first-order valence-electron chi connectivity index (χ1n) is 7.15. The summed E-state index contributed by atoms with van der Waals surface area (Å²) < 4.78 is 74.2. The Kier molecular flexibility index (Phi) is 8.94. The zero-order valence-electron chi connectivity index (χ0n) is 14.0. The second kappa shape index (κ2) is 9.85. The van der Waals surface area contributed by atoms with Crippen molar-refractivity contribution >= 4 is 0 Å². The van der Waals surface area contributed by atoms with Crippen molar-refractivity contribution in [3.8, 4) is 5.75 Å². The Morgan fingerprint density at radius 2 is 1.44 bits per heavy atom. The second-order valence-electron chi connectivity index (χ2n) is 4.37. The largest absolute Gasteiger partial charge is 0.573 e. The SMILES string of the molecule is CC.Cc1cc(C(F)(F)F)ccn1.Cc1ccc(OC(F)(F)F)cn1. The number of aryl methyl sites for hydroxylation is 2. The molecule has 2 aromatic rings. The molecule has 0 saturated carbocycles. The highest BCUT2D eigenvalue weighted by Crippen LogP contribution is 2.28. The van der Waals surface area contributed by atoms with Crippen molar-refractivity contribution in [3.05, 3.63) is 53.6 Å². The maximum Gasteiger partial charge on any atom is 0.573 e. The zero-order valence-corrected chi connectivity index (χ0v) is 14.0. The van der Waals surface area contributed by atoms with Crippen molar-refractivity contribution in [1.82, 2.24) is 9.97 Å². The minimum absolute atomic E-state index is 0.298. The number of rotatable bonds is 1. The van der Waals surface area contributed by atoms with Crippen LogP contribution in [0.15, 0.2) is 36.7 Å². The molecule has 0 aliphatic rings. The molecule has 0 aliphatic carbocycles. The summed E-state index contributed by atoms with van der Waals surface area (Å²) in [6, 6.07) is 4.63. The van der Waals surface area contributed by atoms with E-state index in [-0.39, 0.29) is 5.75 Å². The fourth-order valence-electron chi connectivity index (χ4n) is 1.37. The fourth-order valence-corrected chi connectivity index (χ4v) is 1.37. The van der Waals surface area contributed by atoms with E-state index in [1.165, 1.54) is 19.1 Å². The number of alkyl halides is 6. The monoisotopic (exact) mass is 368 g/mol. The molecule has 0 amide bonds. The first-order chi connectivity index (χ1) is 11.5. The number of pyridine rings is 2. The normalized spacial score (nSPS) is 10.8. The molecule has 2 rings (SSSR count). The molecule has 0 bridgehead atoms. The molecular weight excluding hydrogens is 350 g/mol. The van der Waals surface area contributed by atoms with E-state index in [4.69, 9.17) is 0 Å². The van der Waals surface area contributed by atoms with Gasteiger partial charge < -0.3 is 4.74 Å². The van der Waals surface area contributed by atoms with Gasteiger partial charge in [0.15, 0.2) is 0 Å². The van der Waals surface area contributed by atoms with Crippen LogP contribution in [0.5, 0.6) is 5.75 Å². The Morgan fingerprint density at radius 1 is 0.840 bits per heavy atom. The van der Waals surface area contributed by atoms with Crippen LogP contribution in [0.2, 0.25) is 0 Å². The Labute approximate surface area is 141 Å². The van der Waals surface area contributed by atoms with Gasteiger partial charge in [0, 0.05) is 17.6 Å². The quantitative estimate of drug-likeness (QED) is 0.604. The Hall–Kier alpha value is -2.32. The van der Waals surface area contributed by atoms with Crippen LogP contribution in [-0.4, -0.2) is 16.3 Å². The lowest BCUT2D eigenvalue weighted by molar-refractivity contribution is -0.274. The van der Waals surface area contributed by atoms with Gasteiger partial charge in [0.05, 0.1) is 11.8 Å². The number of halogens is 6. The van der Waals surface area contributed by atoms with Gasteiger partial charge in [0.2, 0.25) is 0 Å². The highest BCUT2D eigenvalue weighted by Gasteiger charge is 2.31. The van der Waals surface area contributed by atoms with E-state index in [9.17, 15) is 26.3 Å². The minimum atomic E-state index is -4.64. The molecule has 0 fully saturated rings. The van der Waals surface area contributed by atoms with Crippen molar-refractivity contribution in [3.63, 3.8) is 0 Å². The molecule has 0 saturated heterocycles. The second-order valence-corrected chi connectivity index (χ2v) is 4.37. The van der Waals surface area contributed by atoms with Gasteiger partial charge in [-0.2, -0.15) is 13.2 Å². The standard InChI is InChI=1S/C7H6F3NO.C7H6F3N.C2H6/c1-5-2-3-6(4-11-5)12-7(8,9)10;1-5-4-6(2-3-11-5)7(8,9)10;1-2/h2-4H,1H3;2-4H,1H3;1-2H3. The van der Waals surface area contributed by atoms with Crippen LogP contribution in [0.1, 0.15) is 30.8 Å². The van der Waals surface area contributed by atoms with Gasteiger partial charge in [-0.25, -0.2) is 0 Å². The first kappa shape index (κ1) is 22.7. The number of hydrogen-bond acceptors (Lipinski definition) is 3. The van der Waals surface area contributed by atoms with E-state index in [1.807, 2.05) is 13.8 Å². The summed E-state index contributed by atoms with van der Waals surface area (Å²) in [4.78, 5) is 7.29. The topological polar surface area (TPSA) is 35.0 Å². The van der Waals surface area contributed by atoms with Crippen LogP contribution in [0.25, 0.3) is 0 Å². The van der Waals surface area contributed by atoms with Gasteiger partial charge >= 0.3 is 12.5 Å². The predicted molar refractivity (Wildman–Crippen MR) is 81.0 cm³/mol. The zero-order chi connectivity index (χ0) is 19.7. The number of ether oxygens (including phenoxy) is 1. The Balaban J connectivity index is 0.000000421. The van der Waals surface area contributed by atoms with Crippen LogP contribution in [-0.2, 0) is 6.18 Å². The van der Waals surface area contributed by atoms with Gasteiger partial charge in [-0.1, -0.05) is 13.8 Å². The van der Waals surface area contributed by atoms with Crippen LogP contribution in [0.4, 0.5) is 26.3 Å². The van der Waals surface area contributed by atoms with Gasteiger partial charge in [0.1, 0.15) is 5.75 Å². The third-order valence-corrected chi connectivity index (χ3v) is 2.34. The summed E-state index contributed by atoms with van der Waals surface area (Å²) in [5, 5.41) is 0. The smallest absolute Gasteiger partial charge is 0.404 e. The average Bonchev–Trinajstić information content (AvgIpc) is 2.50. The molecule has 2 aromatic heterocycles. The fraction of sp³-hybridized carbons (Fsp3) is 0.375. The van der Waals surface area contributed by atoms with Crippen LogP contribution in [0.3, 0.4) is 0 Å². The molecule has 0 radical (unpaired) electrons. The van der Waals surface area contributed by atoms with E-state index in [1.54, 1.807) is 6.92 Å². The summed E-state index contributed by atoms with van der Waals surface area (Å²) in [5.41, 5.74) is 0.370. The molecule has 140 valence electrons. The van der Waals surface area contributed by atoms with Crippen LogP contribution < -0.4 is 4.74 Å².